The van der Waals surface area contributed by atoms with Crippen LogP contribution in [0.2, 0.25) is 0 Å². The molecule has 6 nitrogen and oxygen atoms in total. The van der Waals surface area contributed by atoms with Crippen LogP contribution in [0.1, 0.15) is 21.5 Å². The van der Waals surface area contributed by atoms with Crippen molar-refractivity contribution in [2.75, 3.05) is 31.6 Å². The zero-order valence-electron chi connectivity index (χ0n) is 15.2. The number of amides is 1. The summed E-state index contributed by atoms with van der Waals surface area (Å²) in [4.78, 5) is 12.6. The van der Waals surface area contributed by atoms with Gasteiger partial charge in [-0.3, -0.25) is 4.79 Å². The van der Waals surface area contributed by atoms with Gasteiger partial charge in [0.1, 0.15) is 5.82 Å². The second-order valence-corrected chi connectivity index (χ2v) is 8.34. The van der Waals surface area contributed by atoms with E-state index in [0.717, 1.165) is 6.07 Å². The lowest BCUT2D eigenvalue weighted by atomic mass is 10.1. The van der Waals surface area contributed by atoms with Gasteiger partial charge in [0.25, 0.3) is 5.91 Å². The van der Waals surface area contributed by atoms with Crippen molar-refractivity contribution in [3.05, 3.63) is 58.9 Å². The first-order valence-corrected chi connectivity index (χ1v) is 9.99. The number of aryl methyl sites for hydroxylation is 2. The minimum atomic E-state index is -3.67. The molecule has 0 radical (unpaired) electrons. The fourth-order valence-corrected chi connectivity index (χ4v) is 4.30. The molecular formula is C19H21FN2O4S. The average molecular weight is 392 g/mol. The molecule has 0 unspecified atom stereocenters. The molecule has 0 spiro atoms. The number of rotatable bonds is 4. The lowest BCUT2D eigenvalue weighted by Gasteiger charge is -2.26. The number of sulfonamides is 1. The summed E-state index contributed by atoms with van der Waals surface area (Å²) in [6.07, 6.45) is 0. The van der Waals surface area contributed by atoms with Gasteiger partial charge in [-0.2, -0.15) is 4.31 Å². The van der Waals surface area contributed by atoms with E-state index in [-0.39, 0.29) is 10.5 Å². The lowest BCUT2D eigenvalue weighted by molar-refractivity contribution is 0.0730. The van der Waals surface area contributed by atoms with E-state index in [4.69, 9.17) is 4.74 Å². The van der Waals surface area contributed by atoms with Crippen molar-refractivity contribution in [1.29, 1.82) is 0 Å². The van der Waals surface area contributed by atoms with Crippen LogP contribution >= 0.6 is 0 Å². The van der Waals surface area contributed by atoms with E-state index in [1.165, 1.54) is 28.6 Å². The summed E-state index contributed by atoms with van der Waals surface area (Å²) in [7, 11) is -3.67. The first kappa shape index (κ1) is 19.5. The Kier molecular flexibility index (Phi) is 5.59. The Hall–Kier alpha value is -2.29. The molecule has 0 aliphatic carbocycles. The Labute approximate surface area is 158 Å². The summed E-state index contributed by atoms with van der Waals surface area (Å²) < 4.78 is 45.7. The van der Waals surface area contributed by atoms with Crippen LogP contribution in [0.5, 0.6) is 0 Å². The van der Waals surface area contributed by atoms with Gasteiger partial charge >= 0.3 is 0 Å². The summed E-state index contributed by atoms with van der Waals surface area (Å²) in [5.41, 5.74) is 1.91. The second-order valence-electron chi connectivity index (χ2n) is 6.41. The third kappa shape index (κ3) is 4.18. The molecule has 0 saturated carbocycles. The van der Waals surface area contributed by atoms with Gasteiger partial charge in [0.15, 0.2) is 0 Å². The minimum Gasteiger partial charge on any atom is -0.379 e. The minimum absolute atomic E-state index is 0.0984. The molecule has 1 N–H and O–H groups in total. The molecule has 8 heteroatoms. The van der Waals surface area contributed by atoms with Crippen LogP contribution < -0.4 is 5.32 Å². The van der Waals surface area contributed by atoms with Gasteiger partial charge in [0, 0.05) is 24.3 Å². The van der Waals surface area contributed by atoms with E-state index in [1.807, 2.05) is 0 Å². The smallest absolute Gasteiger partial charge is 0.256 e. The largest absolute Gasteiger partial charge is 0.379 e. The number of benzene rings is 2. The quantitative estimate of drug-likeness (QED) is 0.868. The molecule has 1 aliphatic heterocycles. The molecule has 0 atom stereocenters. The standard InChI is InChI=1S/C19H21FN2O4S/c1-13-3-5-15(20)11-17(13)19(23)21-18-12-16(6-4-14(18)2)27(24,25)22-7-9-26-10-8-22/h3-6,11-12H,7-10H2,1-2H3,(H,21,23). The van der Waals surface area contributed by atoms with Gasteiger partial charge in [-0.05, 0) is 49.2 Å². The number of hydrogen-bond donors (Lipinski definition) is 1. The van der Waals surface area contributed by atoms with Crippen molar-refractivity contribution >= 4 is 21.6 Å². The first-order valence-electron chi connectivity index (χ1n) is 8.55. The summed E-state index contributed by atoms with van der Waals surface area (Å²) >= 11 is 0. The van der Waals surface area contributed by atoms with Crippen LogP contribution in [-0.4, -0.2) is 44.9 Å². The van der Waals surface area contributed by atoms with Crippen LogP contribution in [-0.2, 0) is 14.8 Å². The van der Waals surface area contributed by atoms with E-state index in [0.29, 0.717) is 43.1 Å². The molecule has 3 rings (SSSR count). The Morgan fingerprint density at radius 2 is 1.74 bits per heavy atom. The highest BCUT2D eigenvalue weighted by Crippen LogP contribution is 2.24. The molecule has 0 aromatic heterocycles. The lowest BCUT2D eigenvalue weighted by Crippen LogP contribution is -2.40. The SMILES string of the molecule is Cc1ccc(S(=O)(=O)N2CCOCC2)cc1NC(=O)c1cc(F)ccc1C. The molecule has 0 bridgehead atoms. The third-order valence-corrected chi connectivity index (χ3v) is 6.40. The number of morpholine rings is 1. The summed E-state index contributed by atoms with van der Waals surface area (Å²) in [6, 6.07) is 8.56. The van der Waals surface area contributed by atoms with Gasteiger partial charge in [0.05, 0.1) is 18.1 Å². The van der Waals surface area contributed by atoms with E-state index in [9.17, 15) is 17.6 Å². The monoisotopic (exact) mass is 392 g/mol. The zero-order chi connectivity index (χ0) is 19.6. The Bertz CT molecular complexity index is 970. The Morgan fingerprint density at radius 1 is 1.07 bits per heavy atom. The van der Waals surface area contributed by atoms with E-state index >= 15 is 0 Å². The number of carbonyl (C=O) groups is 1. The number of carbonyl (C=O) groups excluding carboxylic acids is 1. The Balaban J connectivity index is 1.89. The van der Waals surface area contributed by atoms with Crippen molar-refractivity contribution in [2.24, 2.45) is 0 Å². The number of hydrogen-bond acceptors (Lipinski definition) is 4. The van der Waals surface area contributed by atoms with Gasteiger partial charge in [0.2, 0.25) is 10.0 Å². The van der Waals surface area contributed by atoms with Crippen LogP contribution in [0.15, 0.2) is 41.3 Å². The maximum atomic E-state index is 13.5. The van der Waals surface area contributed by atoms with E-state index < -0.39 is 21.7 Å². The predicted molar refractivity (Wildman–Crippen MR) is 99.8 cm³/mol. The highest BCUT2D eigenvalue weighted by atomic mass is 32.2. The van der Waals surface area contributed by atoms with Gasteiger partial charge < -0.3 is 10.1 Å². The number of ether oxygens (including phenoxy) is 1. The average Bonchev–Trinajstić information content (AvgIpc) is 2.66. The van der Waals surface area contributed by atoms with E-state index in [1.54, 1.807) is 19.9 Å². The van der Waals surface area contributed by atoms with Crippen LogP contribution in [0, 0.1) is 19.7 Å². The molecule has 1 aliphatic rings. The normalized spacial score (nSPS) is 15.5. The zero-order valence-corrected chi connectivity index (χ0v) is 16.0. The van der Waals surface area contributed by atoms with Crippen LogP contribution in [0.4, 0.5) is 10.1 Å². The van der Waals surface area contributed by atoms with Gasteiger partial charge in [-0.15, -0.1) is 0 Å². The molecule has 2 aromatic carbocycles. The number of anilines is 1. The molecule has 144 valence electrons. The number of nitrogens with one attached hydrogen (secondary N) is 1. The molecule has 1 heterocycles. The molecule has 27 heavy (non-hydrogen) atoms. The van der Waals surface area contributed by atoms with Crippen molar-refractivity contribution in [3.8, 4) is 0 Å². The molecule has 1 saturated heterocycles. The van der Waals surface area contributed by atoms with Crippen LogP contribution in [0.25, 0.3) is 0 Å². The van der Waals surface area contributed by atoms with Crippen molar-refractivity contribution in [3.63, 3.8) is 0 Å². The fraction of sp³-hybridized carbons (Fsp3) is 0.316. The van der Waals surface area contributed by atoms with Crippen molar-refractivity contribution < 1.29 is 22.3 Å². The fourth-order valence-electron chi connectivity index (χ4n) is 2.86. The highest BCUT2D eigenvalue weighted by Gasteiger charge is 2.27. The molecule has 1 amide bonds. The maximum Gasteiger partial charge on any atom is 0.256 e. The van der Waals surface area contributed by atoms with Crippen molar-refractivity contribution in [1.82, 2.24) is 4.31 Å². The van der Waals surface area contributed by atoms with Gasteiger partial charge in [-0.25, -0.2) is 12.8 Å². The molecular weight excluding hydrogens is 371 g/mol. The van der Waals surface area contributed by atoms with Gasteiger partial charge in [-0.1, -0.05) is 12.1 Å². The topological polar surface area (TPSA) is 75.7 Å². The third-order valence-electron chi connectivity index (χ3n) is 4.51. The molecule has 2 aromatic rings. The highest BCUT2D eigenvalue weighted by molar-refractivity contribution is 7.89. The Morgan fingerprint density at radius 3 is 2.44 bits per heavy atom. The van der Waals surface area contributed by atoms with Crippen LogP contribution in [0.3, 0.4) is 0 Å². The summed E-state index contributed by atoms with van der Waals surface area (Å²) in [6.45, 7) is 4.77. The first-order chi connectivity index (χ1) is 12.8. The second kappa shape index (κ2) is 7.75. The van der Waals surface area contributed by atoms with E-state index in [2.05, 4.69) is 5.32 Å². The number of nitrogens with zero attached hydrogens (tertiary/aromatic N) is 1. The number of halogens is 1. The van der Waals surface area contributed by atoms with Crippen molar-refractivity contribution in [2.45, 2.75) is 18.7 Å². The summed E-state index contributed by atoms with van der Waals surface area (Å²) in [5.74, 6) is -0.998. The molecule has 1 fully saturated rings. The predicted octanol–water partition coefficient (Wildman–Crippen LogP) is 2.72. The summed E-state index contributed by atoms with van der Waals surface area (Å²) in [5, 5.41) is 2.70. The maximum absolute atomic E-state index is 13.5.